The molecule has 0 aliphatic carbocycles. The van der Waals surface area contributed by atoms with Crippen LogP contribution in [-0.4, -0.2) is 29.8 Å². The summed E-state index contributed by atoms with van der Waals surface area (Å²) in [6.07, 6.45) is -1.15. The van der Waals surface area contributed by atoms with Gasteiger partial charge in [-0.1, -0.05) is 26.0 Å². The highest BCUT2D eigenvalue weighted by molar-refractivity contribution is 9.10. The average Bonchev–Trinajstić information content (AvgIpc) is 2.37. The second-order valence-electron chi connectivity index (χ2n) is 4.75. The predicted molar refractivity (Wildman–Crippen MR) is 78.1 cm³/mol. The number of carbonyl (C=O) groups is 1. The van der Waals surface area contributed by atoms with E-state index in [4.69, 9.17) is 4.74 Å². The van der Waals surface area contributed by atoms with Gasteiger partial charge in [0.1, 0.15) is 5.75 Å². The van der Waals surface area contributed by atoms with Crippen molar-refractivity contribution in [2.75, 3.05) is 6.54 Å². The van der Waals surface area contributed by atoms with E-state index < -0.39 is 12.2 Å². The van der Waals surface area contributed by atoms with Crippen LogP contribution in [0.4, 0.5) is 0 Å². The van der Waals surface area contributed by atoms with Crippen LogP contribution in [0, 0.1) is 5.92 Å². The second kappa shape index (κ2) is 7.50. The van der Waals surface area contributed by atoms with Crippen molar-refractivity contribution in [1.82, 2.24) is 5.32 Å². The molecule has 1 aromatic carbocycles. The van der Waals surface area contributed by atoms with Gasteiger partial charge in [-0.25, -0.2) is 0 Å². The van der Waals surface area contributed by atoms with Crippen molar-refractivity contribution in [2.45, 2.75) is 33.0 Å². The van der Waals surface area contributed by atoms with Crippen molar-refractivity contribution in [1.29, 1.82) is 0 Å². The van der Waals surface area contributed by atoms with Gasteiger partial charge in [0, 0.05) is 6.54 Å². The molecule has 1 amide bonds. The van der Waals surface area contributed by atoms with E-state index >= 15 is 0 Å². The van der Waals surface area contributed by atoms with Gasteiger partial charge in [-0.15, -0.1) is 0 Å². The van der Waals surface area contributed by atoms with Crippen LogP contribution >= 0.6 is 15.9 Å². The summed E-state index contributed by atoms with van der Waals surface area (Å²) in [4.78, 5) is 11.8. The van der Waals surface area contributed by atoms with Gasteiger partial charge in [-0.3, -0.25) is 4.79 Å². The largest absolute Gasteiger partial charge is 0.480 e. The zero-order valence-electron chi connectivity index (χ0n) is 11.4. The highest BCUT2D eigenvalue weighted by atomic mass is 79.9. The third-order valence-electron chi connectivity index (χ3n) is 2.76. The van der Waals surface area contributed by atoms with Gasteiger partial charge >= 0.3 is 0 Å². The van der Waals surface area contributed by atoms with Crippen molar-refractivity contribution >= 4 is 21.8 Å². The van der Waals surface area contributed by atoms with E-state index in [2.05, 4.69) is 21.2 Å². The van der Waals surface area contributed by atoms with E-state index in [9.17, 15) is 9.90 Å². The smallest absolute Gasteiger partial charge is 0.260 e. The number of hydrogen-bond acceptors (Lipinski definition) is 3. The Kier molecular flexibility index (Phi) is 6.31. The SMILES string of the molecule is CC(Oc1ccccc1Br)C(=O)NCC(O)C(C)C. The van der Waals surface area contributed by atoms with Crippen molar-refractivity contribution in [3.63, 3.8) is 0 Å². The number of aliphatic hydroxyl groups is 1. The van der Waals surface area contributed by atoms with Gasteiger partial charge in [0.15, 0.2) is 6.10 Å². The molecule has 19 heavy (non-hydrogen) atoms. The molecule has 4 nitrogen and oxygen atoms in total. The maximum atomic E-state index is 11.8. The number of para-hydroxylation sites is 1. The van der Waals surface area contributed by atoms with Gasteiger partial charge in [0.2, 0.25) is 0 Å². The average molecular weight is 330 g/mol. The molecular weight excluding hydrogens is 310 g/mol. The minimum Gasteiger partial charge on any atom is -0.480 e. The Bertz CT molecular complexity index is 423. The number of aliphatic hydroxyl groups excluding tert-OH is 1. The topological polar surface area (TPSA) is 58.6 Å². The highest BCUT2D eigenvalue weighted by Gasteiger charge is 2.17. The number of carbonyl (C=O) groups excluding carboxylic acids is 1. The van der Waals surface area contributed by atoms with Crippen molar-refractivity contribution < 1.29 is 14.6 Å². The van der Waals surface area contributed by atoms with E-state index in [0.29, 0.717) is 5.75 Å². The Morgan fingerprint density at radius 2 is 2.00 bits per heavy atom. The molecule has 1 aromatic rings. The van der Waals surface area contributed by atoms with Crippen LogP contribution in [0.15, 0.2) is 28.7 Å². The third kappa shape index (κ3) is 5.20. The minimum absolute atomic E-state index is 0.111. The highest BCUT2D eigenvalue weighted by Crippen LogP contribution is 2.24. The standard InChI is InChI=1S/C14H20BrNO3/c1-9(2)12(17)8-16-14(18)10(3)19-13-7-5-4-6-11(13)15/h4-7,9-10,12,17H,8H2,1-3H3,(H,16,18). The molecule has 0 saturated heterocycles. The van der Waals surface area contributed by atoms with Crippen molar-refractivity contribution in [2.24, 2.45) is 5.92 Å². The fraction of sp³-hybridized carbons (Fsp3) is 0.500. The summed E-state index contributed by atoms with van der Waals surface area (Å²) in [5, 5.41) is 12.3. The summed E-state index contributed by atoms with van der Waals surface area (Å²) in [5.74, 6) is 0.491. The van der Waals surface area contributed by atoms with Crippen LogP contribution in [-0.2, 0) is 4.79 Å². The van der Waals surface area contributed by atoms with Crippen LogP contribution in [0.1, 0.15) is 20.8 Å². The first kappa shape index (κ1) is 16.0. The Morgan fingerprint density at radius 3 is 2.58 bits per heavy atom. The Balaban J connectivity index is 2.47. The number of amides is 1. The van der Waals surface area contributed by atoms with Gasteiger partial charge in [-0.05, 0) is 40.9 Å². The number of ether oxygens (including phenoxy) is 1. The molecule has 1 rings (SSSR count). The molecule has 2 atom stereocenters. The summed E-state index contributed by atoms with van der Waals surface area (Å²) in [6.45, 7) is 5.71. The zero-order valence-corrected chi connectivity index (χ0v) is 13.0. The lowest BCUT2D eigenvalue weighted by Gasteiger charge is -2.18. The molecule has 0 bridgehead atoms. The zero-order chi connectivity index (χ0) is 14.4. The van der Waals surface area contributed by atoms with E-state index in [0.717, 1.165) is 4.47 Å². The molecule has 0 aliphatic rings. The fourth-order valence-corrected chi connectivity index (χ4v) is 1.75. The molecular formula is C14H20BrNO3. The molecule has 5 heteroatoms. The quantitative estimate of drug-likeness (QED) is 0.842. The molecule has 0 radical (unpaired) electrons. The molecule has 0 aliphatic heterocycles. The maximum absolute atomic E-state index is 11.8. The van der Waals surface area contributed by atoms with Crippen molar-refractivity contribution in [3.05, 3.63) is 28.7 Å². The number of benzene rings is 1. The van der Waals surface area contributed by atoms with Crippen molar-refractivity contribution in [3.8, 4) is 5.75 Å². The second-order valence-corrected chi connectivity index (χ2v) is 5.60. The predicted octanol–water partition coefficient (Wildman–Crippen LogP) is 2.35. The molecule has 2 unspecified atom stereocenters. The van der Waals surface area contributed by atoms with Crippen LogP contribution in [0.3, 0.4) is 0 Å². The Hall–Kier alpha value is -1.07. The lowest BCUT2D eigenvalue weighted by atomic mass is 10.1. The first-order valence-corrected chi connectivity index (χ1v) is 7.08. The number of hydrogen-bond donors (Lipinski definition) is 2. The molecule has 2 N–H and O–H groups in total. The summed E-state index contributed by atoms with van der Waals surface area (Å²) in [7, 11) is 0. The molecule has 0 spiro atoms. The summed E-state index contributed by atoms with van der Waals surface area (Å²) < 4.78 is 6.36. The first-order valence-electron chi connectivity index (χ1n) is 6.28. The molecule has 106 valence electrons. The van der Waals surface area contributed by atoms with Gasteiger partial charge < -0.3 is 15.2 Å². The molecule has 0 fully saturated rings. The number of halogens is 1. The maximum Gasteiger partial charge on any atom is 0.260 e. The van der Waals surface area contributed by atoms with Gasteiger partial charge in [0.25, 0.3) is 5.91 Å². The van der Waals surface area contributed by atoms with Gasteiger partial charge in [0.05, 0.1) is 10.6 Å². The Morgan fingerprint density at radius 1 is 1.37 bits per heavy atom. The number of rotatable bonds is 6. The van der Waals surface area contributed by atoms with E-state index in [1.54, 1.807) is 13.0 Å². The minimum atomic E-state index is -0.613. The lowest BCUT2D eigenvalue weighted by molar-refractivity contribution is -0.127. The monoisotopic (exact) mass is 329 g/mol. The normalized spacial score (nSPS) is 14.0. The van der Waals surface area contributed by atoms with Crippen LogP contribution in [0.2, 0.25) is 0 Å². The fourth-order valence-electron chi connectivity index (χ4n) is 1.37. The molecule has 0 heterocycles. The van der Waals surface area contributed by atoms with Crippen LogP contribution in [0.5, 0.6) is 5.75 Å². The Labute approximate surface area is 122 Å². The van der Waals surface area contributed by atoms with E-state index in [1.165, 1.54) is 0 Å². The summed E-state index contributed by atoms with van der Waals surface area (Å²) in [5.41, 5.74) is 0. The first-order chi connectivity index (χ1) is 8.91. The lowest BCUT2D eigenvalue weighted by Crippen LogP contribution is -2.41. The van der Waals surface area contributed by atoms with Gasteiger partial charge in [-0.2, -0.15) is 0 Å². The summed E-state index contributed by atoms with van der Waals surface area (Å²) >= 11 is 3.36. The summed E-state index contributed by atoms with van der Waals surface area (Å²) in [6, 6.07) is 7.35. The van der Waals surface area contributed by atoms with E-state index in [1.807, 2.05) is 32.0 Å². The van der Waals surface area contributed by atoms with Crippen LogP contribution in [0.25, 0.3) is 0 Å². The molecule has 0 aromatic heterocycles. The van der Waals surface area contributed by atoms with E-state index in [-0.39, 0.29) is 18.4 Å². The number of nitrogens with one attached hydrogen (secondary N) is 1. The third-order valence-corrected chi connectivity index (χ3v) is 3.42. The van der Waals surface area contributed by atoms with Crippen LogP contribution < -0.4 is 10.1 Å². The molecule has 0 saturated carbocycles.